The van der Waals surface area contributed by atoms with Crippen LogP contribution in [0, 0.1) is 0 Å². The molecule has 1 saturated heterocycles. The molecule has 2 heterocycles. The number of H-pyrrole nitrogens is 1. The molecule has 1 aromatic rings. The highest BCUT2D eigenvalue weighted by molar-refractivity contribution is 5.90. The third-order valence-electron chi connectivity index (χ3n) is 3.61. The normalized spacial score (nSPS) is 28.8. The van der Waals surface area contributed by atoms with E-state index in [0.29, 0.717) is 19.0 Å². The number of carbonyl (C=O) groups is 1. The number of hydrogen-bond donors (Lipinski definition) is 1. The zero-order chi connectivity index (χ0) is 11.7. The maximum Gasteiger partial charge on any atom is 0.291 e. The number of nitrogens with one attached hydrogen (secondary N) is 1. The standard InChI is InChI=1S/C11H16N4O2/c16-11(10-12-7-13-14-10)15-5-6-17-9-4-2-1-3-8(9)15/h7-9H,1-6H2,(H,12,13,14). The number of amides is 1. The largest absolute Gasteiger partial charge is 0.374 e. The van der Waals surface area contributed by atoms with Crippen LogP contribution in [-0.4, -0.2) is 51.3 Å². The molecule has 1 amide bonds. The van der Waals surface area contributed by atoms with Crippen LogP contribution in [0.3, 0.4) is 0 Å². The summed E-state index contributed by atoms with van der Waals surface area (Å²) in [6.07, 6.45) is 6.04. The van der Waals surface area contributed by atoms with E-state index in [2.05, 4.69) is 15.2 Å². The van der Waals surface area contributed by atoms with Gasteiger partial charge in [-0.25, -0.2) is 4.98 Å². The highest BCUT2D eigenvalue weighted by atomic mass is 16.5. The van der Waals surface area contributed by atoms with Crippen molar-refractivity contribution in [2.75, 3.05) is 13.2 Å². The van der Waals surface area contributed by atoms with E-state index in [0.717, 1.165) is 12.8 Å². The first kappa shape index (κ1) is 10.7. The maximum absolute atomic E-state index is 12.3. The predicted octanol–water partition coefficient (Wildman–Crippen LogP) is 0.588. The van der Waals surface area contributed by atoms with Crippen LogP contribution in [0.4, 0.5) is 0 Å². The summed E-state index contributed by atoms with van der Waals surface area (Å²) < 4.78 is 5.74. The van der Waals surface area contributed by atoms with Crippen LogP contribution in [0.25, 0.3) is 0 Å². The van der Waals surface area contributed by atoms with Gasteiger partial charge in [0.25, 0.3) is 5.91 Å². The van der Waals surface area contributed by atoms with Gasteiger partial charge in [-0.1, -0.05) is 12.8 Å². The molecule has 6 heteroatoms. The van der Waals surface area contributed by atoms with E-state index in [1.807, 2.05) is 4.90 Å². The Kier molecular flexibility index (Phi) is 2.80. The molecule has 0 spiro atoms. The molecule has 17 heavy (non-hydrogen) atoms. The lowest BCUT2D eigenvalue weighted by molar-refractivity contribution is -0.0755. The van der Waals surface area contributed by atoms with E-state index < -0.39 is 0 Å². The number of ether oxygens (including phenoxy) is 1. The summed E-state index contributed by atoms with van der Waals surface area (Å²) in [6.45, 7) is 1.28. The summed E-state index contributed by atoms with van der Waals surface area (Å²) in [6, 6.07) is 0.218. The van der Waals surface area contributed by atoms with Crippen LogP contribution >= 0.6 is 0 Å². The molecular formula is C11H16N4O2. The molecular weight excluding hydrogens is 220 g/mol. The second-order valence-electron chi connectivity index (χ2n) is 4.59. The number of aromatic nitrogens is 3. The Morgan fingerprint density at radius 2 is 2.35 bits per heavy atom. The monoisotopic (exact) mass is 236 g/mol. The molecule has 1 aromatic heterocycles. The number of morpholine rings is 1. The lowest BCUT2D eigenvalue weighted by atomic mass is 9.90. The molecule has 1 saturated carbocycles. The predicted molar refractivity (Wildman–Crippen MR) is 59.4 cm³/mol. The lowest BCUT2D eigenvalue weighted by Crippen LogP contribution is -2.55. The topological polar surface area (TPSA) is 71.1 Å². The second-order valence-corrected chi connectivity index (χ2v) is 4.59. The Bertz CT molecular complexity index is 390. The lowest BCUT2D eigenvalue weighted by Gasteiger charge is -2.43. The molecule has 0 aromatic carbocycles. The van der Waals surface area contributed by atoms with Crippen LogP contribution in [0.2, 0.25) is 0 Å². The summed E-state index contributed by atoms with van der Waals surface area (Å²) in [4.78, 5) is 18.1. The molecule has 1 aliphatic heterocycles. The number of hydrogen-bond acceptors (Lipinski definition) is 4. The van der Waals surface area contributed by atoms with Crippen molar-refractivity contribution in [3.05, 3.63) is 12.2 Å². The van der Waals surface area contributed by atoms with Crippen molar-refractivity contribution in [1.29, 1.82) is 0 Å². The van der Waals surface area contributed by atoms with Crippen molar-refractivity contribution in [2.45, 2.75) is 37.8 Å². The Labute approximate surface area is 99.4 Å². The van der Waals surface area contributed by atoms with Gasteiger partial charge in [0.15, 0.2) is 0 Å². The first-order chi connectivity index (χ1) is 8.36. The summed E-state index contributed by atoms with van der Waals surface area (Å²) >= 11 is 0. The van der Waals surface area contributed by atoms with Crippen LogP contribution in [0.5, 0.6) is 0 Å². The van der Waals surface area contributed by atoms with Crippen molar-refractivity contribution in [1.82, 2.24) is 20.1 Å². The van der Waals surface area contributed by atoms with Crippen molar-refractivity contribution in [3.63, 3.8) is 0 Å². The van der Waals surface area contributed by atoms with Gasteiger partial charge < -0.3 is 9.64 Å². The molecule has 2 unspecified atom stereocenters. The van der Waals surface area contributed by atoms with Gasteiger partial charge in [0.05, 0.1) is 18.8 Å². The van der Waals surface area contributed by atoms with Crippen LogP contribution in [0.15, 0.2) is 6.33 Å². The molecule has 1 N–H and O–H groups in total. The van der Waals surface area contributed by atoms with E-state index in [4.69, 9.17) is 4.74 Å². The first-order valence-electron chi connectivity index (χ1n) is 6.14. The van der Waals surface area contributed by atoms with Gasteiger partial charge >= 0.3 is 0 Å². The smallest absolute Gasteiger partial charge is 0.291 e. The molecule has 2 atom stereocenters. The quantitative estimate of drug-likeness (QED) is 0.774. The third kappa shape index (κ3) is 1.93. The number of fused-ring (bicyclic) bond motifs is 1. The summed E-state index contributed by atoms with van der Waals surface area (Å²) in [5, 5.41) is 6.36. The minimum Gasteiger partial charge on any atom is -0.374 e. The summed E-state index contributed by atoms with van der Waals surface area (Å²) in [5.74, 6) is 0.277. The molecule has 6 nitrogen and oxygen atoms in total. The van der Waals surface area contributed by atoms with Crippen molar-refractivity contribution in [2.24, 2.45) is 0 Å². The highest BCUT2D eigenvalue weighted by Crippen LogP contribution is 2.28. The molecule has 1 aliphatic carbocycles. The molecule has 3 rings (SSSR count). The minimum absolute atomic E-state index is 0.0531. The SMILES string of the molecule is O=C(c1ncn[nH]1)N1CCOC2CCCCC21. The Morgan fingerprint density at radius 3 is 3.18 bits per heavy atom. The van der Waals surface area contributed by atoms with Crippen molar-refractivity contribution < 1.29 is 9.53 Å². The zero-order valence-electron chi connectivity index (χ0n) is 9.63. The molecule has 92 valence electrons. The van der Waals surface area contributed by atoms with Crippen molar-refractivity contribution >= 4 is 5.91 Å². The maximum atomic E-state index is 12.3. The summed E-state index contributed by atoms with van der Waals surface area (Å²) in [5.41, 5.74) is 0. The molecule has 0 bridgehead atoms. The first-order valence-corrected chi connectivity index (χ1v) is 6.14. The van der Waals surface area contributed by atoms with Crippen LogP contribution in [-0.2, 0) is 4.74 Å². The number of rotatable bonds is 1. The third-order valence-corrected chi connectivity index (χ3v) is 3.61. The minimum atomic E-state index is -0.0531. The van der Waals surface area contributed by atoms with Crippen molar-refractivity contribution in [3.8, 4) is 0 Å². The van der Waals surface area contributed by atoms with Gasteiger partial charge in [-0.2, -0.15) is 5.10 Å². The fourth-order valence-corrected chi connectivity index (χ4v) is 2.79. The van der Waals surface area contributed by atoms with Gasteiger partial charge in [0.2, 0.25) is 5.82 Å². The van der Waals surface area contributed by atoms with Crippen LogP contribution in [0.1, 0.15) is 36.3 Å². The highest BCUT2D eigenvalue weighted by Gasteiger charge is 2.37. The van der Waals surface area contributed by atoms with Crippen LogP contribution < -0.4 is 0 Å². The second kappa shape index (κ2) is 4.44. The van der Waals surface area contributed by atoms with E-state index in [1.54, 1.807) is 0 Å². The van der Waals surface area contributed by atoms with Gasteiger partial charge in [-0.15, -0.1) is 0 Å². The average molecular weight is 236 g/mol. The van der Waals surface area contributed by atoms with Gasteiger partial charge in [0, 0.05) is 6.54 Å². The number of aromatic amines is 1. The van der Waals surface area contributed by atoms with E-state index in [-0.39, 0.29) is 18.1 Å². The van der Waals surface area contributed by atoms with Gasteiger partial charge in [-0.3, -0.25) is 9.89 Å². The Balaban J connectivity index is 1.79. The number of nitrogens with zero attached hydrogens (tertiary/aromatic N) is 3. The average Bonchev–Trinajstić information content (AvgIpc) is 2.91. The number of carbonyl (C=O) groups excluding carboxylic acids is 1. The zero-order valence-corrected chi connectivity index (χ0v) is 9.63. The Morgan fingerprint density at radius 1 is 1.47 bits per heavy atom. The molecule has 2 aliphatic rings. The van der Waals surface area contributed by atoms with E-state index in [9.17, 15) is 4.79 Å². The van der Waals surface area contributed by atoms with E-state index in [1.165, 1.54) is 19.2 Å². The van der Waals surface area contributed by atoms with Gasteiger partial charge in [0.1, 0.15) is 6.33 Å². The molecule has 0 radical (unpaired) electrons. The summed E-state index contributed by atoms with van der Waals surface area (Å²) in [7, 11) is 0. The fourth-order valence-electron chi connectivity index (χ4n) is 2.79. The Hall–Kier alpha value is -1.43. The molecule has 2 fully saturated rings. The van der Waals surface area contributed by atoms with Gasteiger partial charge in [-0.05, 0) is 12.8 Å². The fraction of sp³-hybridized carbons (Fsp3) is 0.727. The van der Waals surface area contributed by atoms with E-state index >= 15 is 0 Å².